The lowest BCUT2D eigenvalue weighted by molar-refractivity contribution is 0.0947. The Morgan fingerprint density at radius 2 is 1.56 bits per heavy atom. The molecule has 25 heavy (non-hydrogen) atoms. The van der Waals surface area contributed by atoms with Crippen molar-refractivity contribution in [2.24, 2.45) is 5.92 Å². The molecule has 0 saturated carbocycles. The molecule has 0 unspecified atom stereocenters. The van der Waals surface area contributed by atoms with E-state index in [1.807, 2.05) is 39.8 Å². The highest BCUT2D eigenvalue weighted by molar-refractivity contribution is 6.34. The fourth-order valence-electron chi connectivity index (χ4n) is 2.43. The zero-order valence-electron chi connectivity index (χ0n) is 14.9. The van der Waals surface area contributed by atoms with Crippen LogP contribution in [-0.4, -0.2) is 18.4 Å². The summed E-state index contributed by atoms with van der Waals surface area (Å²) in [5.41, 5.74) is 3.55. The van der Waals surface area contributed by atoms with Crippen LogP contribution in [0.4, 0.5) is 5.69 Å². The first-order valence-corrected chi connectivity index (χ1v) is 8.62. The molecular formula is C20H23ClN2O2. The Balaban J connectivity index is 2.10. The van der Waals surface area contributed by atoms with E-state index < -0.39 is 0 Å². The van der Waals surface area contributed by atoms with Gasteiger partial charge in [-0.1, -0.05) is 31.5 Å². The lowest BCUT2D eigenvalue weighted by Gasteiger charge is -2.12. The largest absolute Gasteiger partial charge is 0.352 e. The molecule has 0 aliphatic rings. The van der Waals surface area contributed by atoms with Crippen molar-refractivity contribution in [1.82, 2.24) is 5.32 Å². The van der Waals surface area contributed by atoms with Crippen molar-refractivity contribution in [3.8, 4) is 0 Å². The van der Waals surface area contributed by atoms with E-state index in [0.29, 0.717) is 34.3 Å². The summed E-state index contributed by atoms with van der Waals surface area (Å²) in [4.78, 5) is 24.4. The van der Waals surface area contributed by atoms with Crippen LogP contribution in [0.3, 0.4) is 0 Å². The zero-order chi connectivity index (χ0) is 18.6. The summed E-state index contributed by atoms with van der Waals surface area (Å²) >= 11 is 6.23. The van der Waals surface area contributed by atoms with Gasteiger partial charge in [-0.3, -0.25) is 9.59 Å². The van der Waals surface area contributed by atoms with Gasteiger partial charge in [-0.2, -0.15) is 0 Å². The van der Waals surface area contributed by atoms with Gasteiger partial charge in [0.2, 0.25) is 0 Å². The number of carbonyl (C=O) groups excluding carboxylic acids is 2. The maximum absolute atomic E-state index is 12.4. The lowest BCUT2D eigenvalue weighted by Crippen LogP contribution is -2.27. The van der Waals surface area contributed by atoms with Crippen LogP contribution in [0.2, 0.25) is 5.02 Å². The molecule has 5 heteroatoms. The van der Waals surface area contributed by atoms with E-state index >= 15 is 0 Å². The number of amides is 2. The summed E-state index contributed by atoms with van der Waals surface area (Å²) in [7, 11) is 0. The minimum Gasteiger partial charge on any atom is -0.352 e. The Hall–Kier alpha value is -2.33. The van der Waals surface area contributed by atoms with E-state index in [9.17, 15) is 9.59 Å². The number of benzene rings is 2. The number of halogens is 1. The fourth-order valence-corrected chi connectivity index (χ4v) is 2.80. The smallest absolute Gasteiger partial charge is 0.255 e. The van der Waals surface area contributed by atoms with Gasteiger partial charge in [0, 0.05) is 17.7 Å². The summed E-state index contributed by atoms with van der Waals surface area (Å²) in [6.45, 7) is 8.54. The monoisotopic (exact) mass is 358 g/mol. The van der Waals surface area contributed by atoms with E-state index in [0.717, 1.165) is 11.1 Å². The molecule has 0 spiro atoms. The molecule has 0 atom stereocenters. The molecule has 0 aliphatic carbocycles. The van der Waals surface area contributed by atoms with Crippen LogP contribution < -0.4 is 10.6 Å². The van der Waals surface area contributed by atoms with Gasteiger partial charge in [0.25, 0.3) is 11.8 Å². The fraction of sp³-hybridized carbons (Fsp3) is 0.300. The van der Waals surface area contributed by atoms with Gasteiger partial charge in [0.15, 0.2) is 0 Å². The molecule has 2 aromatic carbocycles. The second-order valence-electron chi connectivity index (χ2n) is 6.57. The van der Waals surface area contributed by atoms with Crippen LogP contribution in [0, 0.1) is 19.8 Å². The average molecular weight is 359 g/mol. The SMILES string of the molecule is Cc1cc(C)c(NC(=O)c2ccc(C(=O)NCC(C)C)cc2)c(Cl)c1. The Morgan fingerprint density at radius 3 is 2.08 bits per heavy atom. The molecule has 0 saturated heterocycles. The van der Waals surface area contributed by atoms with Crippen molar-refractivity contribution in [1.29, 1.82) is 0 Å². The number of carbonyl (C=O) groups is 2. The second kappa shape index (κ2) is 8.17. The van der Waals surface area contributed by atoms with Gasteiger partial charge in [0.1, 0.15) is 0 Å². The number of hydrogen-bond acceptors (Lipinski definition) is 2. The predicted octanol–water partition coefficient (Wildman–Crippen LogP) is 4.59. The summed E-state index contributed by atoms with van der Waals surface area (Å²) < 4.78 is 0. The van der Waals surface area contributed by atoms with Gasteiger partial charge >= 0.3 is 0 Å². The van der Waals surface area contributed by atoms with Gasteiger partial charge in [0.05, 0.1) is 10.7 Å². The van der Waals surface area contributed by atoms with Crippen molar-refractivity contribution in [3.05, 3.63) is 63.7 Å². The van der Waals surface area contributed by atoms with Crippen LogP contribution >= 0.6 is 11.6 Å². The van der Waals surface area contributed by atoms with Crippen molar-refractivity contribution in [3.63, 3.8) is 0 Å². The normalized spacial score (nSPS) is 10.6. The Kier molecular flexibility index (Phi) is 6.21. The number of aryl methyl sites for hydroxylation is 2. The van der Waals surface area contributed by atoms with Crippen LogP contribution in [0.15, 0.2) is 36.4 Å². The van der Waals surface area contributed by atoms with E-state index in [4.69, 9.17) is 11.6 Å². The van der Waals surface area contributed by atoms with Crippen LogP contribution in [0.25, 0.3) is 0 Å². The third-order valence-electron chi connectivity index (χ3n) is 3.75. The molecule has 0 aliphatic heterocycles. The topological polar surface area (TPSA) is 58.2 Å². The molecule has 0 heterocycles. The maximum Gasteiger partial charge on any atom is 0.255 e. The average Bonchev–Trinajstić information content (AvgIpc) is 2.55. The predicted molar refractivity (Wildman–Crippen MR) is 102 cm³/mol. The van der Waals surface area contributed by atoms with Gasteiger partial charge in [-0.05, 0) is 61.2 Å². The summed E-state index contributed by atoms with van der Waals surface area (Å²) in [5, 5.41) is 6.20. The first-order valence-electron chi connectivity index (χ1n) is 8.24. The van der Waals surface area contributed by atoms with Crippen molar-refractivity contribution < 1.29 is 9.59 Å². The van der Waals surface area contributed by atoms with Gasteiger partial charge in [-0.25, -0.2) is 0 Å². The molecule has 0 aromatic heterocycles. The Bertz CT molecular complexity index is 760. The van der Waals surface area contributed by atoms with E-state index in [1.165, 1.54) is 0 Å². The van der Waals surface area contributed by atoms with E-state index in [-0.39, 0.29) is 11.8 Å². The quantitative estimate of drug-likeness (QED) is 0.820. The van der Waals surface area contributed by atoms with Crippen LogP contribution in [0.5, 0.6) is 0 Å². The highest BCUT2D eigenvalue weighted by atomic mass is 35.5. The molecule has 2 amide bonds. The van der Waals surface area contributed by atoms with Gasteiger partial charge in [-0.15, -0.1) is 0 Å². The minimum atomic E-state index is -0.261. The van der Waals surface area contributed by atoms with E-state index in [2.05, 4.69) is 10.6 Å². The second-order valence-corrected chi connectivity index (χ2v) is 6.98. The van der Waals surface area contributed by atoms with Crippen molar-refractivity contribution in [2.75, 3.05) is 11.9 Å². The van der Waals surface area contributed by atoms with E-state index in [1.54, 1.807) is 24.3 Å². The molecule has 132 valence electrons. The number of hydrogen-bond donors (Lipinski definition) is 2. The summed E-state index contributed by atoms with van der Waals surface area (Å²) in [5.74, 6) is -0.0161. The standard InChI is InChI=1S/C20H23ClN2O2/c1-12(2)11-22-19(24)15-5-7-16(8-6-15)20(25)23-18-14(4)9-13(3)10-17(18)21/h5-10,12H,11H2,1-4H3,(H,22,24)(H,23,25). The zero-order valence-corrected chi connectivity index (χ0v) is 15.7. The molecule has 4 nitrogen and oxygen atoms in total. The Labute approximate surface area is 153 Å². The van der Waals surface area contributed by atoms with Crippen molar-refractivity contribution >= 4 is 29.1 Å². The maximum atomic E-state index is 12.4. The minimum absolute atomic E-state index is 0.141. The highest BCUT2D eigenvalue weighted by Crippen LogP contribution is 2.27. The summed E-state index contributed by atoms with van der Waals surface area (Å²) in [6.07, 6.45) is 0. The molecule has 2 N–H and O–H groups in total. The number of anilines is 1. The first kappa shape index (κ1) is 19.0. The number of nitrogens with one attached hydrogen (secondary N) is 2. The number of rotatable bonds is 5. The summed E-state index contributed by atoms with van der Waals surface area (Å²) in [6, 6.07) is 10.3. The molecule has 2 aromatic rings. The van der Waals surface area contributed by atoms with Crippen LogP contribution in [0.1, 0.15) is 45.7 Å². The highest BCUT2D eigenvalue weighted by Gasteiger charge is 2.12. The Morgan fingerprint density at radius 1 is 1.00 bits per heavy atom. The molecule has 0 fully saturated rings. The van der Waals surface area contributed by atoms with Gasteiger partial charge < -0.3 is 10.6 Å². The molecule has 0 radical (unpaired) electrons. The third kappa shape index (κ3) is 5.07. The first-order chi connectivity index (χ1) is 11.8. The lowest BCUT2D eigenvalue weighted by atomic mass is 10.1. The molecule has 2 rings (SSSR count). The van der Waals surface area contributed by atoms with Crippen LogP contribution in [-0.2, 0) is 0 Å². The third-order valence-corrected chi connectivity index (χ3v) is 4.05. The molecular weight excluding hydrogens is 336 g/mol. The molecule has 0 bridgehead atoms. The van der Waals surface area contributed by atoms with Crippen molar-refractivity contribution in [2.45, 2.75) is 27.7 Å².